The van der Waals surface area contributed by atoms with Gasteiger partial charge in [0.15, 0.2) is 0 Å². The largest absolute Gasteiger partial charge is 0.493 e. The summed E-state index contributed by atoms with van der Waals surface area (Å²) < 4.78 is 11.0. The van der Waals surface area contributed by atoms with Crippen molar-refractivity contribution in [2.75, 3.05) is 31.7 Å². The Kier molecular flexibility index (Phi) is 5.17. The zero-order valence-electron chi connectivity index (χ0n) is 11.6. The molecule has 0 radical (unpaired) electrons. The molecule has 0 bridgehead atoms. The van der Waals surface area contributed by atoms with Gasteiger partial charge < -0.3 is 14.8 Å². The second kappa shape index (κ2) is 7.09. The molecule has 0 aromatic heterocycles. The first-order chi connectivity index (χ1) is 9.69. The van der Waals surface area contributed by atoms with Crippen molar-refractivity contribution in [2.24, 2.45) is 5.92 Å². The fourth-order valence-corrected chi connectivity index (χ4v) is 2.07. The molecule has 1 aliphatic rings. The number of hydrogen-bond acceptors (Lipinski definition) is 5. The molecule has 1 saturated heterocycles. The molecule has 20 heavy (non-hydrogen) atoms. The molecule has 0 spiro atoms. The molecule has 0 amide bonds. The Morgan fingerprint density at radius 1 is 1.50 bits per heavy atom. The maximum absolute atomic E-state index is 10.9. The molecule has 1 unspecified atom stereocenters. The topological polar surface area (TPSA) is 73.6 Å². The van der Waals surface area contributed by atoms with Crippen molar-refractivity contribution in [3.05, 3.63) is 28.3 Å². The van der Waals surface area contributed by atoms with E-state index in [0.29, 0.717) is 24.9 Å². The molecule has 6 heteroatoms. The maximum atomic E-state index is 10.9. The van der Waals surface area contributed by atoms with E-state index in [0.717, 1.165) is 31.7 Å². The zero-order chi connectivity index (χ0) is 14.4. The summed E-state index contributed by atoms with van der Waals surface area (Å²) in [6.45, 7) is 4.83. The van der Waals surface area contributed by atoms with Gasteiger partial charge >= 0.3 is 0 Å². The van der Waals surface area contributed by atoms with Crippen molar-refractivity contribution in [2.45, 2.75) is 19.8 Å². The van der Waals surface area contributed by atoms with Crippen LogP contribution in [0, 0.1) is 16.0 Å². The lowest BCUT2D eigenvalue weighted by Gasteiger charge is -2.12. The highest BCUT2D eigenvalue weighted by Gasteiger charge is 2.17. The zero-order valence-corrected chi connectivity index (χ0v) is 11.6. The molecule has 6 nitrogen and oxygen atoms in total. The number of benzene rings is 1. The third-order valence-corrected chi connectivity index (χ3v) is 3.19. The van der Waals surface area contributed by atoms with Crippen LogP contribution >= 0.6 is 0 Å². The Bertz CT molecular complexity index is 458. The Labute approximate surface area is 118 Å². The summed E-state index contributed by atoms with van der Waals surface area (Å²) in [6, 6.07) is 4.80. The molecule has 2 rings (SSSR count). The van der Waals surface area contributed by atoms with Gasteiger partial charge in [0.1, 0.15) is 5.75 Å². The minimum atomic E-state index is -0.400. The minimum absolute atomic E-state index is 0.0452. The average molecular weight is 280 g/mol. The molecular formula is C14H20N2O4. The fourth-order valence-electron chi connectivity index (χ4n) is 2.07. The normalized spacial score (nSPS) is 17.9. The number of hydrogen-bond donors (Lipinski definition) is 1. The minimum Gasteiger partial charge on any atom is -0.493 e. The molecule has 1 N–H and O–H groups in total. The second-order valence-electron chi connectivity index (χ2n) is 4.94. The lowest BCUT2D eigenvalue weighted by atomic mass is 10.1. The van der Waals surface area contributed by atoms with E-state index in [9.17, 15) is 10.1 Å². The van der Waals surface area contributed by atoms with Gasteiger partial charge in [-0.05, 0) is 12.8 Å². The first-order valence-electron chi connectivity index (χ1n) is 6.93. The van der Waals surface area contributed by atoms with Gasteiger partial charge in [-0.2, -0.15) is 0 Å². The van der Waals surface area contributed by atoms with Crippen molar-refractivity contribution in [1.29, 1.82) is 0 Å². The molecule has 0 saturated carbocycles. The van der Waals surface area contributed by atoms with E-state index in [1.165, 1.54) is 12.1 Å². The van der Waals surface area contributed by atoms with Gasteiger partial charge in [-0.3, -0.25) is 10.1 Å². The van der Waals surface area contributed by atoms with Gasteiger partial charge in [-0.25, -0.2) is 0 Å². The van der Waals surface area contributed by atoms with Gasteiger partial charge in [0.05, 0.1) is 24.2 Å². The Morgan fingerprint density at radius 3 is 3.00 bits per heavy atom. The quantitative estimate of drug-likeness (QED) is 0.614. The van der Waals surface area contributed by atoms with Crippen LogP contribution in [0.25, 0.3) is 0 Å². The molecule has 0 aliphatic carbocycles. The molecule has 110 valence electrons. The van der Waals surface area contributed by atoms with Crippen molar-refractivity contribution in [3.63, 3.8) is 0 Å². The molecule has 1 fully saturated rings. The van der Waals surface area contributed by atoms with Crippen molar-refractivity contribution in [3.8, 4) is 5.75 Å². The lowest BCUT2D eigenvalue weighted by molar-refractivity contribution is -0.384. The summed E-state index contributed by atoms with van der Waals surface area (Å²) in [5.74, 6) is 0.908. The molecule has 1 aromatic rings. The summed E-state index contributed by atoms with van der Waals surface area (Å²) in [4.78, 5) is 10.5. The summed E-state index contributed by atoms with van der Waals surface area (Å²) >= 11 is 0. The van der Waals surface area contributed by atoms with Gasteiger partial charge in [0, 0.05) is 36.9 Å². The van der Waals surface area contributed by atoms with Crippen LogP contribution in [0.4, 0.5) is 11.4 Å². The van der Waals surface area contributed by atoms with Gasteiger partial charge in [0.25, 0.3) is 5.69 Å². The first kappa shape index (κ1) is 14.6. The molecule has 1 aromatic carbocycles. The number of rotatable bonds is 7. The first-order valence-corrected chi connectivity index (χ1v) is 6.93. The van der Waals surface area contributed by atoms with E-state index in [-0.39, 0.29) is 5.69 Å². The van der Waals surface area contributed by atoms with Crippen LogP contribution in [0.1, 0.15) is 19.8 Å². The lowest BCUT2D eigenvalue weighted by Crippen LogP contribution is -2.12. The monoisotopic (exact) mass is 280 g/mol. The van der Waals surface area contributed by atoms with E-state index in [1.807, 2.05) is 6.92 Å². The van der Waals surface area contributed by atoms with Gasteiger partial charge in [-0.1, -0.05) is 6.92 Å². The highest BCUT2D eigenvalue weighted by atomic mass is 16.6. The van der Waals surface area contributed by atoms with Crippen LogP contribution in [-0.2, 0) is 4.74 Å². The summed E-state index contributed by atoms with van der Waals surface area (Å²) in [7, 11) is 0. The van der Waals surface area contributed by atoms with E-state index in [4.69, 9.17) is 9.47 Å². The van der Waals surface area contributed by atoms with Crippen molar-refractivity contribution < 1.29 is 14.4 Å². The molecule has 1 heterocycles. The third-order valence-electron chi connectivity index (χ3n) is 3.19. The number of anilines is 1. The standard InChI is InChI=1S/C14H20N2O4/c1-2-4-15-12-6-13(16(17)18)8-14(7-12)20-10-11-3-5-19-9-11/h6-8,11,15H,2-5,9-10H2,1H3. The van der Waals surface area contributed by atoms with Crippen molar-refractivity contribution in [1.82, 2.24) is 0 Å². The van der Waals surface area contributed by atoms with E-state index in [1.54, 1.807) is 6.07 Å². The van der Waals surface area contributed by atoms with Crippen LogP contribution in [-0.4, -0.2) is 31.3 Å². The van der Waals surface area contributed by atoms with Crippen LogP contribution in [0.5, 0.6) is 5.75 Å². The van der Waals surface area contributed by atoms with Crippen molar-refractivity contribution >= 4 is 11.4 Å². The van der Waals surface area contributed by atoms with Gasteiger partial charge in [0.2, 0.25) is 0 Å². The maximum Gasteiger partial charge on any atom is 0.275 e. The number of nitro benzene ring substituents is 1. The SMILES string of the molecule is CCCNc1cc(OCC2CCOC2)cc([N+](=O)[O-])c1. The van der Waals surface area contributed by atoms with E-state index >= 15 is 0 Å². The Morgan fingerprint density at radius 2 is 2.35 bits per heavy atom. The Balaban J connectivity index is 2.04. The number of nitro groups is 1. The fraction of sp³-hybridized carbons (Fsp3) is 0.571. The van der Waals surface area contributed by atoms with Gasteiger partial charge in [-0.15, -0.1) is 0 Å². The predicted octanol–water partition coefficient (Wildman–Crippen LogP) is 2.83. The molecule has 1 aliphatic heterocycles. The van der Waals surface area contributed by atoms with Crippen LogP contribution in [0.15, 0.2) is 18.2 Å². The van der Waals surface area contributed by atoms with Crippen LogP contribution < -0.4 is 10.1 Å². The smallest absolute Gasteiger partial charge is 0.275 e. The Hall–Kier alpha value is -1.82. The number of ether oxygens (including phenoxy) is 2. The number of nitrogens with zero attached hydrogens (tertiary/aromatic N) is 1. The van der Waals surface area contributed by atoms with E-state index in [2.05, 4.69) is 5.32 Å². The highest BCUT2D eigenvalue weighted by molar-refractivity contribution is 5.56. The number of nitrogens with one attached hydrogen (secondary N) is 1. The van der Waals surface area contributed by atoms with E-state index < -0.39 is 4.92 Å². The van der Waals surface area contributed by atoms with Crippen LogP contribution in [0.2, 0.25) is 0 Å². The third kappa shape index (κ3) is 4.09. The second-order valence-corrected chi connectivity index (χ2v) is 4.94. The van der Waals surface area contributed by atoms with Crippen LogP contribution in [0.3, 0.4) is 0 Å². The highest BCUT2D eigenvalue weighted by Crippen LogP contribution is 2.27. The summed E-state index contributed by atoms with van der Waals surface area (Å²) in [5.41, 5.74) is 0.766. The summed E-state index contributed by atoms with van der Waals surface area (Å²) in [6.07, 6.45) is 1.94. The molecular weight excluding hydrogens is 260 g/mol. The average Bonchev–Trinajstić information content (AvgIpc) is 2.96. The molecule has 1 atom stereocenters. The predicted molar refractivity (Wildman–Crippen MR) is 76.3 cm³/mol. The summed E-state index contributed by atoms with van der Waals surface area (Å²) in [5, 5.41) is 14.1. The number of non-ortho nitro benzene ring substituents is 1.